The smallest absolute Gasteiger partial charge is 0.389 e. The zero-order valence-corrected chi connectivity index (χ0v) is 18.6. The van der Waals surface area contributed by atoms with Crippen molar-refractivity contribution in [1.82, 2.24) is 9.88 Å². The number of benzene rings is 2. The first-order valence-corrected chi connectivity index (χ1v) is 11.7. The molecule has 1 aliphatic heterocycles. The number of unbranched alkanes of at least 4 members (excludes halogenated alkanes) is 1. The van der Waals surface area contributed by atoms with E-state index >= 15 is 0 Å². The molecular formula is C24H27F3N4S. The van der Waals surface area contributed by atoms with Crippen molar-refractivity contribution < 1.29 is 13.2 Å². The molecule has 2 aromatic carbocycles. The third-order valence-electron chi connectivity index (χ3n) is 5.77. The summed E-state index contributed by atoms with van der Waals surface area (Å²) in [5, 5.41) is 1.83. The number of hydrogen-bond donors (Lipinski definition) is 1. The number of thiazole rings is 1. The maximum Gasteiger partial charge on any atom is 0.416 e. The van der Waals surface area contributed by atoms with Gasteiger partial charge in [0.05, 0.1) is 10.6 Å². The summed E-state index contributed by atoms with van der Waals surface area (Å²) >= 11 is 1.56. The van der Waals surface area contributed by atoms with Gasteiger partial charge in [-0.2, -0.15) is 13.2 Å². The highest BCUT2D eigenvalue weighted by Crippen LogP contribution is 2.32. The average Bonchev–Trinajstić information content (AvgIpc) is 3.17. The van der Waals surface area contributed by atoms with E-state index in [1.807, 2.05) is 35.2 Å². The Morgan fingerprint density at radius 2 is 1.69 bits per heavy atom. The molecule has 0 amide bonds. The molecule has 4 nitrogen and oxygen atoms in total. The van der Waals surface area contributed by atoms with Gasteiger partial charge in [0, 0.05) is 37.4 Å². The lowest BCUT2D eigenvalue weighted by molar-refractivity contribution is -0.137. The molecule has 4 rings (SSSR count). The Balaban J connectivity index is 1.21. The van der Waals surface area contributed by atoms with Crippen LogP contribution >= 0.6 is 11.3 Å². The molecule has 1 saturated heterocycles. The Morgan fingerprint density at radius 3 is 2.41 bits per heavy atom. The summed E-state index contributed by atoms with van der Waals surface area (Å²) in [4.78, 5) is 9.15. The summed E-state index contributed by atoms with van der Waals surface area (Å²) < 4.78 is 38.9. The Bertz CT molecular complexity index is 1010. The Kier molecular flexibility index (Phi) is 7.01. The molecular weight excluding hydrogens is 433 g/mol. The lowest BCUT2D eigenvalue weighted by Crippen LogP contribution is -2.46. The third-order valence-corrected chi connectivity index (χ3v) is 6.72. The molecule has 0 saturated carbocycles. The van der Waals surface area contributed by atoms with Gasteiger partial charge in [-0.15, -0.1) is 11.3 Å². The highest BCUT2D eigenvalue weighted by atomic mass is 32.1. The van der Waals surface area contributed by atoms with Gasteiger partial charge in [0.25, 0.3) is 0 Å². The van der Waals surface area contributed by atoms with Crippen molar-refractivity contribution in [2.45, 2.75) is 25.4 Å². The van der Waals surface area contributed by atoms with Crippen molar-refractivity contribution in [3.8, 4) is 11.3 Å². The lowest BCUT2D eigenvalue weighted by atomic mass is 10.1. The van der Waals surface area contributed by atoms with Gasteiger partial charge in [0.2, 0.25) is 0 Å². The fraction of sp³-hybridized carbons (Fsp3) is 0.375. The summed E-state index contributed by atoms with van der Waals surface area (Å²) in [5.41, 5.74) is 8.15. The minimum Gasteiger partial charge on any atom is -0.389 e. The third kappa shape index (κ3) is 5.61. The van der Waals surface area contributed by atoms with Crippen LogP contribution in [0.4, 0.5) is 23.9 Å². The van der Waals surface area contributed by atoms with E-state index in [0.717, 1.165) is 79.3 Å². The van der Waals surface area contributed by atoms with Crippen LogP contribution in [0.1, 0.15) is 23.4 Å². The maximum atomic E-state index is 13.0. The fourth-order valence-corrected chi connectivity index (χ4v) is 4.91. The fourth-order valence-electron chi connectivity index (χ4n) is 4.01. The van der Waals surface area contributed by atoms with Crippen molar-refractivity contribution in [2.75, 3.05) is 43.4 Å². The molecule has 2 N–H and O–H groups in total. The number of aryl methyl sites for hydroxylation is 1. The van der Waals surface area contributed by atoms with Gasteiger partial charge >= 0.3 is 6.18 Å². The number of anilines is 2. The molecule has 1 fully saturated rings. The number of halogens is 3. The first-order chi connectivity index (χ1) is 15.4. The van der Waals surface area contributed by atoms with Gasteiger partial charge in [0.1, 0.15) is 10.7 Å². The molecule has 3 aromatic rings. The van der Waals surface area contributed by atoms with E-state index in [2.05, 4.69) is 4.90 Å². The topological polar surface area (TPSA) is 45.4 Å². The quantitative estimate of drug-likeness (QED) is 0.469. The number of aromatic nitrogens is 1. The second kappa shape index (κ2) is 9.92. The zero-order chi connectivity index (χ0) is 22.6. The number of rotatable bonds is 7. The van der Waals surface area contributed by atoms with Crippen molar-refractivity contribution in [1.29, 1.82) is 0 Å². The SMILES string of the molecule is Nc1sc(CCCCN2CCN(c3cccc(C(F)(F)F)c3)CC2)nc1-c1ccccc1. The number of nitrogens with zero attached hydrogens (tertiary/aromatic N) is 3. The first kappa shape index (κ1) is 22.6. The van der Waals surface area contributed by atoms with Crippen LogP contribution in [0.25, 0.3) is 11.3 Å². The van der Waals surface area contributed by atoms with Crippen molar-refractivity contribution in [3.05, 3.63) is 65.2 Å². The van der Waals surface area contributed by atoms with Crippen LogP contribution < -0.4 is 10.6 Å². The summed E-state index contributed by atoms with van der Waals surface area (Å²) in [6.45, 7) is 4.19. The highest BCUT2D eigenvalue weighted by Gasteiger charge is 2.31. The maximum absolute atomic E-state index is 13.0. The molecule has 0 unspecified atom stereocenters. The van der Waals surface area contributed by atoms with Crippen molar-refractivity contribution >= 4 is 22.0 Å². The molecule has 32 heavy (non-hydrogen) atoms. The average molecular weight is 461 g/mol. The van der Waals surface area contributed by atoms with Gasteiger partial charge in [-0.3, -0.25) is 4.90 Å². The van der Waals surface area contributed by atoms with Crippen molar-refractivity contribution in [3.63, 3.8) is 0 Å². The molecule has 0 aliphatic carbocycles. The van der Waals surface area contributed by atoms with Gasteiger partial charge in [-0.25, -0.2) is 4.98 Å². The molecule has 0 bridgehead atoms. The van der Waals surface area contributed by atoms with Crippen LogP contribution in [0.15, 0.2) is 54.6 Å². The number of nitrogen functional groups attached to an aromatic ring is 1. The molecule has 0 radical (unpaired) electrons. The predicted molar refractivity (Wildman–Crippen MR) is 125 cm³/mol. The van der Waals surface area contributed by atoms with Crippen LogP contribution in [0.2, 0.25) is 0 Å². The van der Waals surface area contributed by atoms with Gasteiger partial charge < -0.3 is 10.6 Å². The predicted octanol–water partition coefficient (Wildman–Crippen LogP) is 5.56. The van der Waals surface area contributed by atoms with E-state index in [0.29, 0.717) is 5.69 Å². The van der Waals surface area contributed by atoms with Crippen molar-refractivity contribution in [2.24, 2.45) is 0 Å². The largest absolute Gasteiger partial charge is 0.416 e. The minimum atomic E-state index is -4.30. The molecule has 1 aliphatic rings. The summed E-state index contributed by atoms with van der Waals surface area (Å²) in [6.07, 6.45) is -1.30. The van der Waals surface area contributed by atoms with Crippen LogP contribution in [-0.2, 0) is 12.6 Å². The van der Waals surface area contributed by atoms with Crippen LogP contribution in [0.3, 0.4) is 0 Å². The van der Waals surface area contributed by atoms with Crippen LogP contribution in [0, 0.1) is 0 Å². The number of alkyl halides is 3. The van der Waals surface area contributed by atoms with Crippen LogP contribution in [0.5, 0.6) is 0 Å². The lowest BCUT2D eigenvalue weighted by Gasteiger charge is -2.36. The number of nitrogens with two attached hydrogens (primary N) is 1. The number of hydrogen-bond acceptors (Lipinski definition) is 5. The van der Waals surface area contributed by atoms with E-state index in [-0.39, 0.29) is 0 Å². The molecule has 170 valence electrons. The van der Waals surface area contributed by atoms with Gasteiger partial charge in [0.15, 0.2) is 0 Å². The minimum absolute atomic E-state index is 0.587. The van der Waals surface area contributed by atoms with E-state index < -0.39 is 11.7 Å². The highest BCUT2D eigenvalue weighted by molar-refractivity contribution is 7.16. The standard InChI is InChI=1S/C24H27F3N4S/c25-24(26,27)19-9-6-10-20(17-19)31-15-13-30(14-16-31)12-5-4-11-21-29-22(23(28)32-21)18-7-2-1-3-8-18/h1-3,6-10,17H,4-5,11-16,28H2. The second-order valence-electron chi connectivity index (χ2n) is 8.02. The van der Waals surface area contributed by atoms with E-state index in [9.17, 15) is 13.2 Å². The Morgan fingerprint density at radius 1 is 0.938 bits per heavy atom. The summed E-state index contributed by atoms with van der Waals surface area (Å²) in [7, 11) is 0. The summed E-state index contributed by atoms with van der Waals surface area (Å²) in [6, 6.07) is 15.6. The molecule has 2 heterocycles. The molecule has 0 spiro atoms. The molecule has 0 atom stereocenters. The Labute approximate surface area is 190 Å². The van der Waals surface area contributed by atoms with E-state index in [1.165, 1.54) is 12.1 Å². The Hall–Kier alpha value is -2.58. The molecule has 8 heteroatoms. The van der Waals surface area contributed by atoms with E-state index in [4.69, 9.17) is 10.7 Å². The monoisotopic (exact) mass is 460 g/mol. The summed E-state index contributed by atoms with van der Waals surface area (Å²) in [5.74, 6) is 0. The zero-order valence-electron chi connectivity index (χ0n) is 17.8. The normalized spacial score (nSPS) is 15.3. The van der Waals surface area contributed by atoms with E-state index in [1.54, 1.807) is 17.4 Å². The molecule has 1 aromatic heterocycles. The second-order valence-corrected chi connectivity index (χ2v) is 9.14. The van der Waals surface area contributed by atoms with Gasteiger partial charge in [-0.05, 0) is 44.0 Å². The van der Waals surface area contributed by atoms with Gasteiger partial charge in [-0.1, -0.05) is 36.4 Å². The number of piperazine rings is 1. The first-order valence-electron chi connectivity index (χ1n) is 10.9. The van der Waals surface area contributed by atoms with Crippen LogP contribution in [-0.4, -0.2) is 42.6 Å².